The number of nitrogens with one attached hydrogen (secondary N) is 1. The van der Waals surface area contributed by atoms with E-state index in [0.717, 1.165) is 25.7 Å². The molecule has 2 unspecified atom stereocenters. The van der Waals surface area contributed by atoms with E-state index in [-0.39, 0.29) is 24.5 Å². The highest BCUT2D eigenvalue weighted by Crippen LogP contribution is 2.25. The van der Waals surface area contributed by atoms with Crippen LogP contribution < -0.4 is 15.8 Å². The summed E-state index contributed by atoms with van der Waals surface area (Å²) in [5.41, 5.74) is 6.88. The van der Waals surface area contributed by atoms with Gasteiger partial charge in [0, 0.05) is 24.1 Å². The Bertz CT molecular complexity index is 490. The lowest BCUT2D eigenvalue weighted by Crippen LogP contribution is -2.43. The fraction of sp³-hybridized carbons (Fsp3) is 0.562. The number of nitrogen functional groups attached to an aromatic ring is 1. The van der Waals surface area contributed by atoms with Gasteiger partial charge in [-0.3, -0.25) is 4.79 Å². The van der Waals surface area contributed by atoms with Crippen molar-refractivity contribution in [2.45, 2.75) is 38.6 Å². The van der Waals surface area contributed by atoms with Gasteiger partial charge in [0.15, 0.2) is 0 Å². The highest BCUT2D eigenvalue weighted by atomic mass is 16.5. The van der Waals surface area contributed by atoms with E-state index in [4.69, 9.17) is 10.5 Å². The first kappa shape index (κ1) is 15.6. The first-order chi connectivity index (χ1) is 10.2. The van der Waals surface area contributed by atoms with Crippen LogP contribution in [0.2, 0.25) is 0 Å². The Morgan fingerprint density at radius 3 is 2.86 bits per heavy atom. The van der Waals surface area contributed by atoms with Crippen molar-refractivity contribution in [1.82, 2.24) is 5.32 Å². The second-order valence-electron chi connectivity index (χ2n) is 5.49. The van der Waals surface area contributed by atoms with Gasteiger partial charge in [-0.15, -0.1) is 0 Å². The van der Waals surface area contributed by atoms with Gasteiger partial charge in [0.2, 0.25) is 0 Å². The van der Waals surface area contributed by atoms with Crippen molar-refractivity contribution < 1.29 is 14.6 Å². The van der Waals surface area contributed by atoms with Crippen molar-refractivity contribution in [3.8, 4) is 5.75 Å². The Morgan fingerprint density at radius 1 is 1.43 bits per heavy atom. The van der Waals surface area contributed by atoms with Crippen LogP contribution in [0, 0.1) is 5.92 Å². The van der Waals surface area contributed by atoms with Gasteiger partial charge >= 0.3 is 0 Å². The highest BCUT2D eigenvalue weighted by molar-refractivity contribution is 5.95. The van der Waals surface area contributed by atoms with Crippen molar-refractivity contribution in [3.05, 3.63) is 23.8 Å². The number of anilines is 1. The van der Waals surface area contributed by atoms with E-state index in [0.29, 0.717) is 23.6 Å². The molecule has 1 aromatic carbocycles. The molecule has 1 aliphatic rings. The molecule has 0 saturated heterocycles. The largest absolute Gasteiger partial charge is 0.492 e. The molecule has 5 heteroatoms. The van der Waals surface area contributed by atoms with E-state index < -0.39 is 0 Å². The summed E-state index contributed by atoms with van der Waals surface area (Å²) in [6.07, 6.45) is 4.09. The number of aliphatic hydroxyl groups is 1. The number of hydrogen-bond donors (Lipinski definition) is 3. The molecule has 5 nitrogen and oxygen atoms in total. The van der Waals surface area contributed by atoms with Crippen molar-refractivity contribution in [3.63, 3.8) is 0 Å². The van der Waals surface area contributed by atoms with Crippen LogP contribution in [0.5, 0.6) is 5.75 Å². The number of carbonyl (C=O) groups is 1. The van der Waals surface area contributed by atoms with E-state index in [2.05, 4.69) is 5.32 Å². The monoisotopic (exact) mass is 292 g/mol. The molecule has 116 valence electrons. The third-order valence-corrected chi connectivity index (χ3v) is 4.03. The second-order valence-corrected chi connectivity index (χ2v) is 5.49. The number of rotatable bonds is 5. The minimum absolute atomic E-state index is 0.0454. The summed E-state index contributed by atoms with van der Waals surface area (Å²) < 4.78 is 5.37. The van der Waals surface area contributed by atoms with Gasteiger partial charge in [-0.25, -0.2) is 0 Å². The first-order valence-corrected chi connectivity index (χ1v) is 7.59. The van der Waals surface area contributed by atoms with Crippen LogP contribution in [0.1, 0.15) is 43.0 Å². The molecule has 0 aliphatic heterocycles. The van der Waals surface area contributed by atoms with Crippen LogP contribution in [0.3, 0.4) is 0 Å². The fourth-order valence-corrected chi connectivity index (χ4v) is 2.84. The zero-order chi connectivity index (χ0) is 15.2. The summed E-state index contributed by atoms with van der Waals surface area (Å²) in [5, 5.41) is 12.4. The van der Waals surface area contributed by atoms with Crippen molar-refractivity contribution in [2.75, 3.05) is 18.9 Å². The van der Waals surface area contributed by atoms with Crippen LogP contribution in [-0.2, 0) is 0 Å². The summed E-state index contributed by atoms with van der Waals surface area (Å²) in [6.45, 7) is 2.55. The number of nitrogens with two attached hydrogens (primary N) is 1. The molecular weight excluding hydrogens is 268 g/mol. The van der Waals surface area contributed by atoms with Crippen LogP contribution in [-0.4, -0.2) is 30.3 Å². The lowest BCUT2D eigenvalue weighted by Gasteiger charge is -2.30. The molecule has 2 rings (SSSR count). The standard InChI is InChI=1S/C16H24N2O3/c1-2-21-15-8-7-11(9-13(15)17)16(20)18-14-6-4-3-5-12(14)10-19/h7-9,12,14,19H,2-6,10,17H2,1H3,(H,18,20). The molecule has 1 aromatic rings. The topological polar surface area (TPSA) is 84.6 Å². The summed E-state index contributed by atoms with van der Waals surface area (Å²) in [4.78, 5) is 12.3. The lowest BCUT2D eigenvalue weighted by molar-refractivity contribution is 0.0872. The van der Waals surface area contributed by atoms with Crippen molar-refractivity contribution in [2.24, 2.45) is 5.92 Å². The van der Waals surface area contributed by atoms with Gasteiger partial charge in [0.05, 0.1) is 12.3 Å². The number of carbonyl (C=O) groups excluding carboxylic acids is 1. The molecule has 21 heavy (non-hydrogen) atoms. The van der Waals surface area contributed by atoms with E-state index in [1.54, 1.807) is 18.2 Å². The highest BCUT2D eigenvalue weighted by Gasteiger charge is 2.26. The normalized spacial score (nSPS) is 21.8. The molecule has 0 heterocycles. The summed E-state index contributed by atoms with van der Waals surface area (Å²) in [6, 6.07) is 5.12. The maximum Gasteiger partial charge on any atom is 0.251 e. The number of aliphatic hydroxyl groups excluding tert-OH is 1. The predicted octanol–water partition coefficient (Wildman–Crippen LogP) is 1.95. The average Bonchev–Trinajstić information content (AvgIpc) is 2.50. The van der Waals surface area contributed by atoms with Crippen LogP contribution in [0.4, 0.5) is 5.69 Å². The smallest absolute Gasteiger partial charge is 0.251 e. The quantitative estimate of drug-likeness (QED) is 0.724. The molecular formula is C16H24N2O3. The minimum atomic E-state index is -0.143. The number of hydrogen-bond acceptors (Lipinski definition) is 4. The SMILES string of the molecule is CCOc1ccc(C(=O)NC2CCCCC2CO)cc1N. The minimum Gasteiger partial charge on any atom is -0.492 e. The molecule has 0 radical (unpaired) electrons. The Morgan fingerprint density at radius 2 is 2.19 bits per heavy atom. The number of benzene rings is 1. The van der Waals surface area contributed by atoms with Gasteiger partial charge in [0.25, 0.3) is 5.91 Å². The molecule has 2 atom stereocenters. The Hall–Kier alpha value is -1.75. The van der Waals surface area contributed by atoms with Crippen LogP contribution in [0.15, 0.2) is 18.2 Å². The van der Waals surface area contributed by atoms with Gasteiger partial charge < -0.3 is 20.9 Å². The van der Waals surface area contributed by atoms with Crippen LogP contribution in [0.25, 0.3) is 0 Å². The van der Waals surface area contributed by atoms with E-state index in [9.17, 15) is 9.90 Å². The van der Waals surface area contributed by atoms with Crippen LogP contribution >= 0.6 is 0 Å². The molecule has 1 aliphatic carbocycles. The van der Waals surface area contributed by atoms with E-state index >= 15 is 0 Å². The molecule has 0 bridgehead atoms. The average molecular weight is 292 g/mol. The van der Waals surface area contributed by atoms with Crippen molar-refractivity contribution >= 4 is 11.6 Å². The predicted molar refractivity (Wildman–Crippen MR) is 82.3 cm³/mol. The maximum atomic E-state index is 12.3. The number of ether oxygens (including phenoxy) is 1. The van der Waals surface area contributed by atoms with E-state index in [1.165, 1.54) is 0 Å². The second kappa shape index (κ2) is 7.31. The van der Waals surface area contributed by atoms with Gasteiger partial charge in [-0.1, -0.05) is 12.8 Å². The summed E-state index contributed by atoms with van der Waals surface area (Å²) in [5.74, 6) is 0.609. The van der Waals surface area contributed by atoms with Gasteiger partial charge in [0.1, 0.15) is 5.75 Å². The van der Waals surface area contributed by atoms with E-state index in [1.807, 2.05) is 6.92 Å². The van der Waals surface area contributed by atoms with Gasteiger partial charge in [-0.05, 0) is 38.0 Å². The van der Waals surface area contributed by atoms with Gasteiger partial charge in [-0.2, -0.15) is 0 Å². The third-order valence-electron chi connectivity index (χ3n) is 4.03. The summed E-state index contributed by atoms with van der Waals surface area (Å²) >= 11 is 0. The third kappa shape index (κ3) is 3.88. The molecule has 1 fully saturated rings. The molecule has 1 amide bonds. The lowest BCUT2D eigenvalue weighted by atomic mass is 9.85. The molecule has 0 aromatic heterocycles. The zero-order valence-electron chi connectivity index (χ0n) is 12.5. The van der Waals surface area contributed by atoms with Crippen molar-refractivity contribution in [1.29, 1.82) is 0 Å². The first-order valence-electron chi connectivity index (χ1n) is 7.59. The molecule has 1 saturated carbocycles. The molecule has 4 N–H and O–H groups in total. The fourth-order valence-electron chi connectivity index (χ4n) is 2.84. The molecule has 0 spiro atoms. The Labute approximate surface area is 125 Å². The number of amides is 1. The Balaban J connectivity index is 2.04. The zero-order valence-corrected chi connectivity index (χ0v) is 12.5. The summed E-state index contributed by atoms with van der Waals surface area (Å²) in [7, 11) is 0. The Kier molecular flexibility index (Phi) is 5.44. The maximum absolute atomic E-state index is 12.3.